The van der Waals surface area contributed by atoms with E-state index in [-0.39, 0.29) is 17.8 Å². The summed E-state index contributed by atoms with van der Waals surface area (Å²) in [5.74, 6) is 0.218. The normalized spacial score (nSPS) is 21.0. The summed E-state index contributed by atoms with van der Waals surface area (Å²) in [6.07, 6.45) is 2.56. The van der Waals surface area contributed by atoms with Crippen molar-refractivity contribution in [2.45, 2.75) is 30.3 Å². The highest BCUT2D eigenvalue weighted by Crippen LogP contribution is 2.31. The van der Waals surface area contributed by atoms with Gasteiger partial charge in [-0.15, -0.1) is 0 Å². The SMILES string of the molecule is C[C@@H]1C[C@@H](N(C)c2ccc(O)cc2)CN1S(=O)(=O)c1ccc2cc[nH]c2c1. The summed E-state index contributed by atoms with van der Waals surface area (Å²) in [4.78, 5) is 5.48. The number of phenols is 1. The first kappa shape index (κ1) is 17.9. The van der Waals surface area contributed by atoms with Crippen molar-refractivity contribution < 1.29 is 13.5 Å². The standard InChI is InChI=1S/C20H23N3O3S/c1-14-11-17(22(2)16-4-6-18(24)7-5-16)13-23(14)27(25,26)19-8-3-15-9-10-21-20(15)12-19/h3-10,12,14,17,21,24H,11,13H2,1-2H3/t14-,17-/m1/s1. The Labute approximate surface area is 159 Å². The fraction of sp³-hybridized carbons (Fsp3) is 0.300. The van der Waals surface area contributed by atoms with Gasteiger partial charge in [-0.3, -0.25) is 0 Å². The van der Waals surface area contributed by atoms with Gasteiger partial charge in [0.15, 0.2) is 0 Å². The smallest absolute Gasteiger partial charge is 0.243 e. The van der Waals surface area contributed by atoms with E-state index in [4.69, 9.17) is 0 Å². The molecule has 1 aliphatic rings. The van der Waals surface area contributed by atoms with E-state index in [1.165, 1.54) is 0 Å². The van der Waals surface area contributed by atoms with E-state index in [1.54, 1.807) is 28.6 Å². The number of anilines is 1. The third-order valence-electron chi connectivity index (χ3n) is 5.43. The number of hydrogen-bond acceptors (Lipinski definition) is 4. The largest absolute Gasteiger partial charge is 0.508 e. The molecule has 6 nitrogen and oxygen atoms in total. The van der Waals surface area contributed by atoms with Crippen molar-refractivity contribution in [3.8, 4) is 5.75 Å². The number of H-pyrrole nitrogens is 1. The summed E-state index contributed by atoms with van der Waals surface area (Å²) in [7, 11) is -1.60. The third kappa shape index (κ3) is 3.17. The van der Waals surface area contributed by atoms with Crippen LogP contribution in [0.15, 0.2) is 59.6 Å². The molecule has 0 unspecified atom stereocenters. The summed E-state index contributed by atoms with van der Waals surface area (Å²) in [6, 6.07) is 14.1. The maximum Gasteiger partial charge on any atom is 0.243 e. The van der Waals surface area contributed by atoms with Crippen molar-refractivity contribution in [3.63, 3.8) is 0 Å². The Kier molecular flexibility index (Phi) is 4.36. The maximum absolute atomic E-state index is 13.2. The lowest BCUT2D eigenvalue weighted by molar-refractivity contribution is 0.407. The van der Waals surface area contributed by atoms with Crippen LogP contribution in [0.3, 0.4) is 0 Å². The first-order valence-corrected chi connectivity index (χ1v) is 10.4. The Bertz CT molecular complexity index is 1060. The van der Waals surface area contributed by atoms with Gasteiger partial charge in [-0.2, -0.15) is 4.31 Å². The van der Waals surface area contributed by atoms with Crippen LogP contribution in [0.2, 0.25) is 0 Å². The van der Waals surface area contributed by atoms with Gasteiger partial charge in [0, 0.05) is 43.1 Å². The van der Waals surface area contributed by atoms with Crippen molar-refractivity contribution in [3.05, 3.63) is 54.7 Å². The minimum absolute atomic E-state index is 0.0773. The van der Waals surface area contributed by atoms with Gasteiger partial charge in [0.1, 0.15) is 5.75 Å². The van der Waals surface area contributed by atoms with Crippen molar-refractivity contribution in [1.29, 1.82) is 0 Å². The van der Waals surface area contributed by atoms with Gasteiger partial charge in [0.25, 0.3) is 0 Å². The van der Waals surface area contributed by atoms with E-state index in [1.807, 2.05) is 44.4 Å². The lowest BCUT2D eigenvalue weighted by Crippen LogP contribution is -2.37. The number of sulfonamides is 1. The Hall–Kier alpha value is -2.51. The number of phenolic OH excluding ortho intramolecular Hbond substituents is 1. The summed E-state index contributed by atoms with van der Waals surface area (Å²) in [5.41, 5.74) is 1.78. The van der Waals surface area contributed by atoms with Gasteiger partial charge in [-0.05, 0) is 61.2 Å². The van der Waals surface area contributed by atoms with Gasteiger partial charge < -0.3 is 15.0 Å². The predicted molar refractivity (Wildman–Crippen MR) is 107 cm³/mol. The highest BCUT2D eigenvalue weighted by Gasteiger charge is 2.39. The summed E-state index contributed by atoms with van der Waals surface area (Å²) >= 11 is 0. The number of benzene rings is 2. The number of nitrogens with one attached hydrogen (secondary N) is 1. The van der Waals surface area contributed by atoms with Gasteiger partial charge in [-0.1, -0.05) is 6.07 Å². The minimum atomic E-state index is -3.57. The lowest BCUT2D eigenvalue weighted by Gasteiger charge is -2.27. The van der Waals surface area contributed by atoms with E-state index >= 15 is 0 Å². The van der Waals surface area contributed by atoms with Gasteiger partial charge >= 0.3 is 0 Å². The quantitative estimate of drug-likeness (QED) is 0.723. The second-order valence-electron chi connectivity index (χ2n) is 7.17. The molecule has 0 radical (unpaired) electrons. The van der Waals surface area contributed by atoms with Crippen LogP contribution < -0.4 is 4.90 Å². The molecular weight excluding hydrogens is 362 g/mol. The molecular formula is C20H23N3O3S. The zero-order valence-electron chi connectivity index (χ0n) is 15.3. The summed E-state index contributed by atoms with van der Waals surface area (Å²) in [6.45, 7) is 2.39. The molecule has 0 saturated carbocycles. The van der Waals surface area contributed by atoms with Gasteiger partial charge in [0.2, 0.25) is 10.0 Å². The molecule has 0 amide bonds. The van der Waals surface area contributed by atoms with Crippen LogP contribution in [0, 0.1) is 0 Å². The fourth-order valence-electron chi connectivity index (χ4n) is 3.81. The van der Waals surface area contributed by atoms with E-state index < -0.39 is 10.0 Å². The highest BCUT2D eigenvalue weighted by atomic mass is 32.2. The number of rotatable bonds is 4. The average molecular weight is 385 g/mol. The molecule has 1 saturated heterocycles. The first-order valence-electron chi connectivity index (χ1n) is 8.97. The minimum Gasteiger partial charge on any atom is -0.508 e. The molecule has 142 valence electrons. The molecule has 0 aliphatic carbocycles. The molecule has 0 spiro atoms. The molecule has 1 fully saturated rings. The molecule has 3 aromatic rings. The van der Waals surface area contributed by atoms with Crippen LogP contribution in [0.4, 0.5) is 5.69 Å². The van der Waals surface area contributed by atoms with E-state index in [2.05, 4.69) is 9.88 Å². The number of hydrogen-bond donors (Lipinski definition) is 2. The molecule has 7 heteroatoms. The van der Waals surface area contributed by atoms with Gasteiger partial charge in [0.05, 0.1) is 4.90 Å². The second kappa shape index (κ2) is 6.58. The zero-order valence-corrected chi connectivity index (χ0v) is 16.1. The molecule has 4 rings (SSSR count). The number of likely N-dealkylation sites (N-methyl/N-ethyl adjacent to an activating group) is 1. The zero-order chi connectivity index (χ0) is 19.2. The molecule has 2 heterocycles. The predicted octanol–water partition coefficient (Wildman–Crippen LogP) is 3.16. The Balaban J connectivity index is 1.59. The summed E-state index contributed by atoms with van der Waals surface area (Å²) < 4.78 is 28.0. The van der Waals surface area contributed by atoms with Crippen LogP contribution in [0.5, 0.6) is 5.75 Å². The fourth-order valence-corrected chi connectivity index (χ4v) is 5.52. The molecule has 2 N–H and O–H groups in total. The maximum atomic E-state index is 13.2. The molecule has 2 atom stereocenters. The Morgan fingerprint density at radius 2 is 1.89 bits per heavy atom. The second-order valence-corrected chi connectivity index (χ2v) is 9.06. The lowest BCUT2D eigenvalue weighted by atomic mass is 10.1. The number of nitrogens with zero attached hydrogens (tertiary/aromatic N) is 2. The first-order chi connectivity index (χ1) is 12.9. The monoisotopic (exact) mass is 385 g/mol. The number of fused-ring (bicyclic) bond motifs is 1. The third-order valence-corrected chi connectivity index (χ3v) is 7.41. The number of aromatic amines is 1. The summed E-state index contributed by atoms with van der Waals surface area (Å²) in [5, 5.41) is 10.5. The average Bonchev–Trinajstić information content (AvgIpc) is 3.27. The molecule has 0 bridgehead atoms. The van der Waals surface area contributed by atoms with Crippen molar-refractivity contribution in [2.75, 3.05) is 18.5 Å². The number of aromatic hydroxyl groups is 1. The van der Waals surface area contributed by atoms with Crippen LogP contribution in [-0.2, 0) is 10.0 Å². The van der Waals surface area contributed by atoms with E-state index in [0.717, 1.165) is 23.0 Å². The van der Waals surface area contributed by atoms with Crippen LogP contribution >= 0.6 is 0 Å². The Morgan fingerprint density at radius 3 is 2.63 bits per heavy atom. The van der Waals surface area contributed by atoms with E-state index in [9.17, 15) is 13.5 Å². The topological polar surface area (TPSA) is 76.6 Å². The van der Waals surface area contributed by atoms with Crippen molar-refractivity contribution in [2.24, 2.45) is 0 Å². The van der Waals surface area contributed by atoms with E-state index in [0.29, 0.717) is 11.4 Å². The van der Waals surface area contributed by atoms with Crippen LogP contribution in [-0.4, -0.2) is 48.5 Å². The number of aromatic nitrogens is 1. The Morgan fingerprint density at radius 1 is 1.15 bits per heavy atom. The molecule has 2 aromatic carbocycles. The van der Waals surface area contributed by atoms with Crippen LogP contribution in [0.1, 0.15) is 13.3 Å². The highest BCUT2D eigenvalue weighted by molar-refractivity contribution is 7.89. The van der Waals surface area contributed by atoms with Crippen LogP contribution in [0.25, 0.3) is 10.9 Å². The van der Waals surface area contributed by atoms with Crippen molar-refractivity contribution in [1.82, 2.24) is 9.29 Å². The molecule has 27 heavy (non-hydrogen) atoms. The molecule has 1 aliphatic heterocycles. The van der Waals surface area contributed by atoms with Crippen molar-refractivity contribution >= 4 is 26.6 Å². The molecule has 1 aromatic heterocycles. The van der Waals surface area contributed by atoms with Gasteiger partial charge in [-0.25, -0.2) is 8.42 Å².